The highest BCUT2D eigenvalue weighted by Gasteiger charge is 2.21. The molecule has 3 rings (SSSR count). The van der Waals surface area contributed by atoms with Gasteiger partial charge in [-0.25, -0.2) is 0 Å². The van der Waals surface area contributed by atoms with Gasteiger partial charge in [-0.3, -0.25) is 4.90 Å². The van der Waals surface area contributed by atoms with E-state index in [1.165, 1.54) is 24.9 Å². The van der Waals surface area contributed by atoms with Crippen LogP contribution in [0.2, 0.25) is 0 Å². The minimum atomic E-state index is 0.635. The molecule has 1 atom stereocenters. The molecule has 4 heteroatoms. The Morgan fingerprint density at radius 1 is 1.32 bits per heavy atom. The molecule has 0 aliphatic carbocycles. The zero-order valence-corrected chi connectivity index (χ0v) is 13.1. The van der Waals surface area contributed by atoms with E-state index in [1.54, 1.807) is 0 Å². The second-order valence-electron chi connectivity index (χ2n) is 6.01. The maximum atomic E-state index is 5.06. The molecule has 1 aromatic heterocycles. The molecule has 1 unspecified atom stereocenters. The molecule has 0 radical (unpaired) electrons. The van der Waals surface area contributed by atoms with Crippen molar-refractivity contribution in [3.05, 3.63) is 53.7 Å². The van der Waals surface area contributed by atoms with Crippen LogP contribution in [0.4, 0.5) is 0 Å². The van der Waals surface area contributed by atoms with Crippen molar-refractivity contribution >= 4 is 6.08 Å². The van der Waals surface area contributed by atoms with Gasteiger partial charge >= 0.3 is 0 Å². The van der Waals surface area contributed by atoms with Crippen molar-refractivity contribution in [2.45, 2.75) is 26.2 Å². The van der Waals surface area contributed by atoms with Gasteiger partial charge in [-0.2, -0.15) is 4.98 Å². The van der Waals surface area contributed by atoms with Crippen LogP contribution in [-0.4, -0.2) is 34.7 Å². The Morgan fingerprint density at radius 2 is 2.18 bits per heavy atom. The van der Waals surface area contributed by atoms with Crippen molar-refractivity contribution in [1.29, 1.82) is 0 Å². The van der Waals surface area contributed by atoms with Crippen LogP contribution in [-0.2, 0) is 6.42 Å². The van der Waals surface area contributed by atoms with Crippen LogP contribution >= 0.6 is 0 Å². The minimum absolute atomic E-state index is 0.635. The Kier molecular flexibility index (Phi) is 5.01. The Balaban J connectivity index is 1.49. The summed E-state index contributed by atoms with van der Waals surface area (Å²) >= 11 is 0. The maximum absolute atomic E-state index is 5.06. The molecule has 0 N–H and O–H groups in total. The first-order chi connectivity index (χ1) is 10.8. The molecule has 1 aromatic carbocycles. The predicted octanol–water partition coefficient (Wildman–Crippen LogP) is 3.35. The Bertz CT molecular complexity index is 606. The van der Waals surface area contributed by atoms with Crippen molar-refractivity contribution < 1.29 is 4.52 Å². The lowest BCUT2D eigenvalue weighted by Gasteiger charge is -2.31. The SMILES string of the molecule is Cc1nc(CC2CCCN(CC=Cc3ccccc3)C2)no1. The van der Waals surface area contributed by atoms with Gasteiger partial charge in [-0.1, -0.05) is 47.6 Å². The Hall–Kier alpha value is -1.94. The summed E-state index contributed by atoms with van der Waals surface area (Å²) in [5, 5.41) is 4.02. The normalized spacial score (nSPS) is 19.8. The summed E-state index contributed by atoms with van der Waals surface area (Å²) in [4.78, 5) is 6.84. The fraction of sp³-hybridized carbons (Fsp3) is 0.444. The third-order valence-electron chi connectivity index (χ3n) is 4.12. The molecule has 1 saturated heterocycles. The highest BCUT2D eigenvalue weighted by atomic mass is 16.5. The molecule has 1 aliphatic heterocycles. The third-order valence-corrected chi connectivity index (χ3v) is 4.12. The van der Waals surface area contributed by atoms with Crippen LogP contribution in [0.1, 0.15) is 30.1 Å². The Morgan fingerprint density at radius 3 is 2.95 bits per heavy atom. The van der Waals surface area contributed by atoms with Crippen molar-refractivity contribution in [2.75, 3.05) is 19.6 Å². The monoisotopic (exact) mass is 297 g/mol. The van der Waals surface area contributed by atoms with Gasteiger partial charge in [0.15, 0.2) is 5.82 Å². The number of rotatable bonds is 5. The molecule has 4 nitrogen and oxygen atoms in total. The van der Waals surface area contributed by atoms with Crippen LogP contribution in [0.25, 0.3) is 6.08 Å². The number of hydrogen-bond acceptors (Lipinski definition) is 4. The van der Waals surface area contributed by atoms with Crippen molar-refractivity contribution in [2.24, 2.45) is 5.92 Å². The standard InChI is InChI=1S/C18H23N3O/c1-15-19-18(20-22-15)13-17-10-6-12-21(14-17)11-5-9-16-7-3-2-4-8-16/h2-5,7-9,17H,6,10-14H2,1H3. The number of aromatic nitrogens is 2. The highest BCUT2D eigenvalue weighted by Crippen LogP contribution is 2.19. The summed E-state index contributed by atoms with van der Waals surface area (Å²) in [5.41, 5.74) is 1.26. The molecular formula is C18H23N3O. The van der Waals surface area contributed by atoms with E-state index >= 15 is 0 Å². The first-order valence-electron chi connectivity index (χ1n) is 8.03. The topological polar surface area (TPSA) is 42.2 Å². The first-order valence-corrected chi connectivity index (χ1v) is 8.03. The molecule has 116 valence electrons. The van der Waals surface area contributed by atoms with Crippen LogP contribution < -0.4 is 0 Å². The van der Waals surface area contributed by atoms with Crippen molar-refractivity contribution in [1.82, 2.24) is 15.0 Å². The number of likely N-dealkylation sites (tertiary alicyclic amines) is 1. The van der Waals surface area contributed by atoms with Crippen LogP contribution in [0.3, 0.4) is 0 Å². The summed E-state index contributed by atoms with van der Waals surface area (Å²) in [5.74, 6) is 2.15. The summed E-state index contributed by atoms with van der Waals surface area (Å²) < 4.78 is 5.06. The van der Waals surface area contributed by atoms with Gasteiger partial charge in [0.25, 0.3) is 0 Å². The third kappa shape index (κ3) is 4.28. The molecule has 1 fully saturated rings. The average Bonchev–Trinajstić information content (AvgIpc) is 2.94. The summed E-state index contributed by atoms with van der Waals surface area (Å²) in [6.45, 7) is 5.16. The van der Waals surface area contributed by atoms with E-state index in [2.05, 4.69) is 51.5 Å². The average molecular weight is 297 g/mol. The molecular weight excluding hydrogens is 274 g/mol. The fourth-order valence-electron chi connectivity index (χ4n) is 3.07. The second kappa shape index (κ2) is 7.36. The summed E-state index contributed by atoms with van der Waals surface area (Å²) in [6, 6.07) is 10.5. The van der Waals surface area contributed by atoms with Gasteiger partial charge in [0.1, 0.15) is 0 Å². The minimum Gasteiger partial charge on any atom is -0.340 e. The van der Waals surface area contributed by atoms with Gasteiger partial charge in [-0.05, 0) is 30.9 Å². The van der Waals surface area contributed by atoms with E-state index in [9.17, 15) is 0 Å². The van der Waals surface area contributed by atoms with E-state index < -0.39 is 0 Å². The summed E-state index contributed by atoms with van der Waals surface area (Å²) in [6.07, 6.45) is 7.89. The highest BCUT2D eigenvalue weighted by molar-refractivity contribution is 5.48. The number of piperidine rings is 1. The van der Waals surface area contributed by atoms with E-state index in [1.807, 2.05) is 13.0 Å². The number of hydrogen-bond donors (Lipinski definition) is 0. The molecule has 0 spiro atoms. The molecule has 1 aliphatic rings. The van der Waals surface area contributed by atoms with Crippen LogP contribution in [0, 0.1) is 12.8 Å². The zero-order chi connectivity index (χ0) is 15.2. The lowest BCUT2D eigenvalue weighted by molar-refractivity contribution is 0.188. The zero-order valence-electron chi connectivity index (χ0n) is 13.1. The second-order valence-corrected chi connectivity index (χ2v) is 6.01. The summed E-state index contributed by atoms with van der Waals surface area (Å²) in [7, 11) is 0. The van der Waals surface area contributed by atoms with Crippen LogP contribution in [0.5, 0.6) is 0 Å². The van der Waals surface area contributed by atoms with Gasteiger partial charge < -0.3 is 4.52 Å². The van der Waals surface area contributed by atoms with E-state index in [0.717, 1.165) is 25.3 Å². The van der Waals surface area contributed by atoms with Crippen molar-refractivity contribution in [3.63, 3.8) is 0 Å². The van der Waals surface area contributed by atoms with Gasteiger partial charge in [0.2, 0.25) is 5.89 Å². The maximum Gasteiger partial charge on any atom is 0.223 e. The predicted molar refractivity (Wildman–Crippen MR) is 87.4 cm³/mol. The van der Waals surface area contributed by atoms with E-state index in [-0.39, 0.29) is 0 Å². The number of nitrogens with zero attached hydrogens (tertiary/aromatic N) is 3. The lowest BCUT2D eigenvalue weighted by Crippen LogP contribution is -2.36. The van der Waals surface area contributed by atoms with E-state index in [0.29, 0.717) is 11.8 Å². The molecule has 0 amide bonds. The number of benzene rings is 1. The molecule has 0 saturated carbocycles. The Labute approximate surface area is 131 Å². The smallest absolute Gasteiger partial charge is 0.223 e. The fourth-order valence-corrected chi connectivity index (χ4v) is 3.07. The van der Waals surface area contributed by atoms with Crippen LogP contribution in [0.15, 0.2) is 40.9 Å². The molecule has 22 heavy (non-hydrogen) atoms. The first kappa shape index (κ1) is 15.0. The van der Waals surface area contributed by atoms with Gasteiger partial charge in [0, 0.05) is 26.4 Å². The van der Waals surface area contributed by atoms with Gasteiger partial charge in [0.05, 0.1) is 0 Å². The number of aryl methyl sites for hydroxylation is 1. The van der Waals surface area contributed by atoms with E-state index in [4.69, 9.17) is 4.52 Å². The quantitative estimate of drug-likeness (QED) is 0.849. The van der Waals surface area contributed by atoms with Crippen molar-refractivity contribution in [3.8, 4) is 0 Å². The lowest BCUT2D eigenvalue weighted by atomic mass is 9.94. The molecule has 2 aromatic rings. The largest absolute Gasteiger partial charge is 0.340 e. The molecule has 0 bridgehead atoms. The van der Waals surface area contributed by atoms with Gasteiger partial charge in [-0.15, -0.1) is 0 Å². The molecule has 2 heterocycles.